The minimum Gasteiger partial charge on any atom is -0.490 e. The van der Waals surface area contributed by atoms with Crippen LogP contribution < -0.4 is 4.74 Å². The van der Waals surface area contributed by atoms with Gasteiger partial charge in [0.1, 0.15) is 18.0 Å². The average molecular weight is 274 g/mol. The molecule has 0 saturated carbocycles. The van der Waals surface area contributed by atoms with Crippen LogP contribution >= 0.6 is 0 Å². The van der Waals surface area contributed by atoms with E-state index >= 15 is 0 Å². The van der Waals surface area contributed by atoms with Gasteiger partial charge in [0.2, 0.25) is 0 Å². The summed E-state index contributed by atoms with van der Waals surface area (Å²) >= 11 is 0. The maximum absolute atomic E-state index is 5.80. The quantitative estimate of drug-likeness (QED) is 0.355. The fourth-order valence-electron chi connectivity index (χ4n) is 2.20. The van der Waals surface area contributed by atoms with E-state index < -0.39 is 0 Å². The van der Waals surface area contributed by atoms with Crippen molar-refractivity contribution in [1.29, 1.82) is 0 Å². The Morgan fingerprint density at radius 3 is 2.85 bits per heavy atom. The SMILES string of the molecule is C=CCCCCCCc1cccc(OCC2(C)CO2)c1. The molecular weight excluding hydrogens is 248 g/mol. The summed E-state index contributed by atoms with van der Waals surface area (Å²) in [5.41, 5.74) is 1.33. The summed E-state index contributed by atoms with van der Waals surface area (Å²) < 4.78 is 11.1. The van der Waals surface area contributed by atoms with Crippen LogP contribution in [-0.2, 0) is 11.2 Å². The number of rotatable bonds is 10. The lowest BCUT2D eigenvalue weighted by Gasteiger charge is -2.10. The summed E-state index contributed by atoms with van der Waals surface area (Å²) in [7, 11) is 0. The standard InChI is InChI=1S/C18H26O2/c1-3-4-5-6-7-8-10-16-11-9-12-17(13-16)19-14-18(2)15-20-18/h3,9,11-13H,1,4-8,10,14-15H2,2H3. The van der Waals surface area contributed by atoms with Gasteiger partial charge in [-0.15, -0.1) is 6.58 Å². The van der Waals surface area contributed by atoms with E-state index in [4.69, 9.17) is 9.47 Å². The van der Waals surface area contributed by atoms with Crippen LogP contribution in [0, 0.1) is 0 Å². The van der Waals surface area contributed by atoms with Crippen LogP contribution in [-0.4, -0.2) is 18.8 Å². The zero-order valence-electron chi connectivity index (χ0n) is 12.6. The van der Waals surface area contributed by atoms with Crippen LogP contribution in [0.5, 0.6) is 5.75 Å². The Morgan fingerprint density at radius 2 is 2.10 bits per heavy atom. The minimum absolute atomic E-state index is 0.0405. The van der Waals surface area contributed by atoms with E-state index in [2.05, 4.69) is 31.7 Å². The van der Waals surface area contributed by atoms with Gasteiger partial charge in [-0.25, -0.2) is 0 Å². The molecule has 0 radical (unpaired) electrons. The molecule has 0 aromatic heterocycles. The molecule has 2 nitrogen and oxygen atoms in total. The number of hydrogen-bond donors (Lipinski definition) is 0. The number of hydrogen-bond acceptors (Lipinski definition) is 2. The molecular formula is C18H26O2. The first-order valence-corrected chi connectivity index (χ1v) is 7.68. The van der Waals surface area contributed by atoms with Crippen molar-refractivity contribution in [3.63, 3.8) is 0 Å². The highest BCUT2D eigenvalue weighted by Crippen LogP contribution is 2.27. The lowest BCUT2D eigenvalue weighted by atomic mass is 10.1. The summed E-state index contributed by atoms with van der Waals surface area (Å²) in [6.45, 7) is 7.30. The van der Waals surface area contributed by atoms with Gasteiger partial charge < -0.3 is 9.47 Å². The fourth-order valence-corrected chi connectivity index (χ4v) is 2.20. The van der Waals surface area contributed by atoms with Gasteiger partial charge in [-0.3, -0.25) is 0 Å². The predicted octanol–water partition coefficient (Wildman–Crippen LogP) is 4.53. The second-order valence-electron chi connectivity index (χ2n) is 5.92. The number of allylic oxidation sites excluding steroid dienone is 1. The molecule has 1 heterocycles. The van der Waals surface area contributed by atoms with Crippen molar-refractivity contribution in [2.75, 3.05) is 13.2 Å². The molecule has 1 atom stereocenters. The molecule has 1 aromatic rings. The lowest BCUT2D eigenvalue weighted by Crippen LogP contribution is -2.16. The van der Waals surface area contributed by atoms with Gasteiger partial charge in [-0.2, -0.15) is 0 Å². The highest BCUT2D eigenvalue weighted by molar-refractivity contribution is 5.28. The molecule has 110 valence electrons. The maximum atomic E-state index is 5.80. The van der Waals surface area contributed by atoms with Crippen LogP contribution in [0.15, 0.2) is 36.9 Å². The number of benzene rings is 1. The van der Waals surface area contributed by atoms with Gasteiger partial charge >= 0.3 is 0 Å². The molecule has 0 spiro atoms. The second-order valence-corrected chi connectivity index (χ2v) is 5.92. The Balaban J connectivity index is 1.67. The molecule has 1 aliphatic rings. The lowest BCUT2D eigenvalue weighted by molar-refractivity contribution is 0.202. The Bertz CT molecular complexity index is 421. The first-order chi connectivity index (χ1) is 9.72. The third-order valence-electron chi connectivity index (χ3n) is 3.70. The molecule has 1 aromatic carbocycles. The average Bonchev–Trinajstić information content (AvgIpc) is 3.20. The van der Waals surface area contributed by atoms with Crippen LogP contribution in [0.1, 0.15) is 44.6 Å². The van der Waals surface area contributed by atoms with Crippen molar-refractivity contribution in [3.8, 4) is 5.75 Å². The normalized spacial score (nSPS) is 20.6. The molecule has 0 amide bonds. The van der Waals surface area contributed by atoms with Crippen LogP contribution in [0.3, 0.4) is 0 Å². The van der Waals surface area contributed by atoms with Crippen LogP contribution in [0.2, 0.25) is 0 Å². The van der Waals surface area contributed by atoms with Crippen molar-refractivity contribution in [2.24, 2.45) is 0 Å². The summed E-state index contributed by atoms with van der Waals surface area (Å²) in [5, 5.41) is 0. The molecule has 20 heavy (non-hydrogen) atoms. The Hall–Kier alpha value is -1.28. The molecule has 0 bridgehead atoms. The maximum Gasteiger partial charge on any atom is 0.123 e. The van der Waals surface area contributed by atoms with E-state index in [-0.39, 0.29) is 5.60 Å². The molecule has 2 rings (SSSR count). The number of unbranched alkanes of at least 4 members (excludes halogenated alkanes) is 4. The topological polar surface area (TPSA) is 21.8 Å². The van der Waals surface area contributed by atoms with Crippen molar-refractivity contribution < 1.29 is 9.47 Å². The predicted molar refractivity (Wildman–Crippen MR) is 83.3 cm³/mol. The molecule has 1 unspecified atom stereocenters. The summed E-state index contributed by atoms with van der Waals surface area (Å²) in [5.74, 6) is 0.964. The van der Waals surface area contributed by atoms with Crippen LogP contribution in [0.25, 0.3) is 0 Å². The van der Waals surface area contributed by atoms with E-state index in [1.807, 2.05) is 12.1 Å². The second kappa shape index (κ2) is 7.49. The van der Waals surface area contributed by atoms with Crippen molar-refractivity contribution in [2.45, 2.75) is 51.0 Å². The van der Waals surface area contributed by atoms with Crippen molar-refractivity contribution >= 4 is 0 Å². The summed E-state index contributed by atoms with van der Waals surface area (Å²) in [4.78, 5) is 0. The molecule has 0 aliphatic carbocycles. The largest absolute Gasteiger partial charge is 0.490 e. The van der Waals surface area contributed by atoms with Crippen molar-refractivity contribution in [1.82, 2.24) is 0 Å². The van der Waals surface area contributed by atoms with E-state index in [1.54, 1.807) is 0 Å². The number of epoxide rings is 1. The number of ether oxygens (including phenoxy) is 2. The zero-order valence-corrected chi connectivity index (χ0v) is 12.6. The Labute approximate surface area is 122 Å². The van der Waals surface area contributed by atoms with Gasteiger partial charge in [0, 0.05) is 0 Å². The van der Waals surface area contributed by atoms with Crippen molar-refractivity contribution in [3.05, 3.63) is 42.5 Å². The third-order valence-corrected chi connectivity index (χ3v) is 3.70. The van der Waals surface area contributed by atoms with Gasteiger partial charge in [-0.05, 0) is 50.3 Å². The summed E-state index contributed by atoms with van der Waals surface area (Å²) in [6.07, 6.45) is 9.41. The highest BCUT2D eigenvalue weighted by Gasteiger charge is 2.40. The van der Waals surface area contributed by atoms with Crippen LogP contribution in [0.4, 0.5) is 0 Å². The van der Waals surface area contributed by atoms with Gasteiger partial charge in [0.15, 0.2) is 0 Å². The molecule has 1 fully saturated rings. The summed E-state index contributed by atoms with van der Waals surface area (Å²) in [6, 6.07) is 8.46. The Morgan fingerprint density at radius 1 is 1.30 bits per heavy atom. The first-order valence-electron chi connectivity index (χ1n) is 7.68. The first kappa shape index (κ1) is 15.1. The minimum atomic E-state index is -0.0405. The Kier molecular flexibility index (Phi) is 5.66. The number of aryl methyl sites for hydroxylation is 1. The highest BCUT2D eigenvalue weighted by atomic mass is 16.6. The monoisotopic (exact) mass is 274 g/mol. The van der Waals surface area contributed by atoms with E-state index in [1.165, 1.54) is 31.2 Å². The van der Waals surface area contributed by atoms with E-state index in [0.29, 0.717) is 6.61 Å². The smallest absolute Gasteiger partial charge is 0.123 e. The van der Waals surface area contributed by atoms with Gasteiger partial charge in [0.25, 0.3) is 0 Å². The molecule has 0 N–H and O–H groups in total. The molecule has 1 saturated heterocycles. The third kappa shape index (κ3) is 5.38. The molecule has 1 aliphatic heterocycles. The van der Waals surface area contributed by atoms with Gasteiger partial charge in [-0.1, -0.05) is 31.1 Å². The molecule has 2 heteroatoms. The zero-order chi connectivity index (χ0) is 14.3. The fraction of sp³-hybridized carbons (Fsp3) is 0.556. The van der Waals surface area contributed by atoms with E-state index in [9.17, 15) is 0 Å². The van der Waals surface area contributed by atoms with Gasteiger partial charge in [0.05, 0.1) is 6.61 Å². The van der Waals surface area contributed by atoms with E-state index in [0.717, 1.165) is 25.2 Å².